The zero-order valence-corrected chi connectivity index (χ0v) is 17.5. The van der Waals surface area contributed by atoms with Gasteiger partial charge in [0.05, 0.1) is 5.02 Å². The third kappa shape index (κ3) is 4.39. The predicted molar refractivity (Wildman–Crippen MR) is 117 cm³/mol. The molecule has 3 aromatic rings. The van der Waals surface area contributed by atoms with Crippen molar-refractivity contribution < 1.29 is 18.7 Å². The molecule has 1 heterocycles. The van der Waals surface area contributed by atoms with Crippen molar-refractivity contribution in [3.63, 3.8) is 0 Å². The summed E-state index contributed by atoms with van der Waals surface area (Å²) in [5.74, 6) is -0.302. The number of hydrogen-bond acceptors (Lipinski definition) is 3. The van der Waals surface area contributed by atoms with Crippen LogP contribution in [0.3, 0.4) is 0 Å². The van der Waals surface area contributed by atoms with Crippen molar-refractivity contribution in [2.75, 3.05) is 11.4 Å². The summed E-state index contributed by atoms with van der Waals surface area (Å²) in [4.78, 5) is 25.8. The minimum Gasteiger partial charge on any atom is -0.455 e. The van der Waals surface area contributed by atoms with E-state index in [9.17, 15) is 14.0 Å². The lowest BCUT2D eigenvalue weighted by atomic mass is 9.98. The second-order valence-electron chi connectivity index (χ2n) is 7.52. The molecule has 7 heteroatoms. The van der Waals surface area contributed by atoms with Gasteiger partial charge in [-0.2, -0.15) is 0 Å². The molecule has 1 fully saturated rings. The van der Waals surface area contributed by atoms with Gasteiger partial charge in [-0.05, 0) is 54.4 Å². The minimum atomic E-state index is -0.544. The molecule has 0 saturated carbocycles. The zero-order chi connectivity index (χ0) is 22.1. The fourth-order valence-corrected chi connectivity index (χ4v) is 3.82. The van der Waals surface area contributed by atoms with Gasteiger partial charge in [0.2, 0.25) is 11.8 Å². The molecule has 0 bridgehead atoms. The first-order valence-electron chi connectivity index (χ1n) is 9.75. The molecule has 1 aliphatic heterocycles. The van der Waals surface area contributed by atoms with Gasteiger partial charge in [-0.1, -0.05) is 29.8 Å². The molecular formula is C24H20ClFN2O3. The molecule has 0 aliphatic carbocycles. The third-order valence-corrected chi connectivity index (χ3v) is 5.68. The van der Waals surface area contributed by atoms with Crippen molar-refractivity contribution in [1.82, 2.24) is 0 Å². The monoisotopic (exact) mass is 438 g/mol. The second kappa shape index (κ2) is 8.40. The molecule has 4 rings (SSSR count). The van der Waals surface area contributed by atoms with Gasteiger partial charge in [0.1, 0.15) is 17.3 Å². The first kappa shape index (κ1) is 20.9. The van der Waals surface area contributed by atoms with Crippen molar-refractivity contribution in [3.8, 4) is 11.5 Å². The number of carbonyl (C=O) groups excluding carboxylic acids is 2. The highest BCUT2D eigenvalue weighted by molar-refractivity contribution is 6.32. The molecule has 3 aromatic carbocycles. The van der Waals surface area contributed by atoms with Crippen molar-refractivity contribution >= 4 is 29.1 Å². The summed E-state index contributed by atoms with van der Waals surface area (Å²) < 4.78 is 19.5. The first-order chi connectivity index (χ1) is 14.8. The topological polar surface area (TPSA) is 72.6 Å². The first-order valence-corrected chi connectivity index (χ1v) is 10.1. The van der Waals surface area contributed by atoms with Crippen molar-refractivity contribution in [2.24, 2.45) is 5.73 Å². The molecule has 1 saturated heterocycles. The van der Waals surface area contributed by atoms with E-state index in [-0.39, 0.29) is 11.8 Å². The van der Waals surface area contributed by atoms with Crippen molar-refractivity contribution in [1.29, 1.82) is 0 Å². The van der Waals surface area contributed by atoms with Gasteiger partial charge in [0.25, 0.3) is 0 Å². The smallest absolute Gasteiger partial charge is 0.248 e. The SMILES string of the molecule is Cc1ccc(F)cc1Oc1cc([C@H]2CC(=O)N(c3cccc(C(N)=O)c3)C2)ccc1Cl. The van der Waals surface area contributed by atoms with Crippen molar-refractivity contribution in [3.05, 3.63) is 88.2 Å². The van der Waals surface area contributed by atoms with E-state index in [0.29, 0.717) is 40.7 Å². The zero-order valence-electron chi connectivity index (χ0n) is 16.8. The lowest BCUT2D eigenvalue weighted by Gasteiger charge is -2.18. The molecule has 158 valence electrons. The van der Waals surface area contributed by atoms with Gasteiger partial charge in [-0.25, -0.2) is 4.39 Å². The summed E-state index contributed by atoms with van der Waals surface area (Å²) >= 11 is 6.31. The Hall–Kier alpha value is -3.38. The van der Waals surface area contributed by atoms with Gasteiger partial charge in [-0.15, -0.1) is 0 Å². The Labute approximate surface area is 184 Å². The van der Waals surface area contributed by atoms with E-state index in [1.165, 1.54) is 12.1 Å². The van der Waals surface area contributed by atoms with Crippen LogP contribution >= 0.6 is 11.6 Å². The van der Waals surface area contributed by atoms with Crippen LogP contribution in [-0.2, 0) is 4.79 Å². The maximum Gasteiger partial charge on any atom is 0.248 e. The number of nitrogens with two attached hydrogens (primary N) is 1. The Bertz CT molecular complexity index is 1180. The molecule has 0 spiro atoms. The maximum atomic E-state index is 13.6. The largest absolute Gasteiger partial charge is 0.455 e. The fraction of sp³-hybridized carbons (Fsp3) is 0.167. The second-order valence-corrected chi connectivity index (χ2v) is 7.93. The molecule has 0 aromatic heterocycles. The van der Waals surface area contributed by atoms with Crippen molar-refractivity contribution in [2.45, 2.75) is 19.3 Å². The van der Waals surface area contributed by atoms with Gasteiger partial charge < -0.3 is 15.4 Å². The number of ether oxygens (including phenoxy) is 1. The van der Waals surface area contributed by atoms with Gasteiger partial charge in [0.15, 0.2) is 0 Å². The van der Waals surface area contributed by atoms with E-state index < -0.39 is 11.7 Å². The molecule has 2 amide bonds. The Morgan fingerprint density at radius 3 is 2.71 bits per heavy atom. The maximum absolute atomic E-state index is 13.6. The summed E-state index contributed by atoms with van der Waals surface area (Å²) in [6.45, 7) is 2.27. The molecular weight excluding hydrogens is 419 g/mol. The Morgan fingerprint density at radius 2 is 1.94 bits per heavy atom. The number of rotatable bonds is 5. The Kier molecular flexibility index (Phi) is 5.65. The normalized spacial score (nSPS) is 15.9. The van der Waals surface area contributed by atoms with E-state index in [0.717, 1.165) is 11.1 Å². The molecule has 31 heavy (non-hydrogen) atoms. The van der Waals surface area contributed by atoms with Crippen LogP contribution in [0.5, 0.6) is 11.5 Å². The highest BCUT2D eigenvalue weighted by Crippen LogP contribution is 2.37. The summed E-state index contributed by atoms with van der Waals surface area (Å²) in [6, 6.07) is 16.4. The van der Waals surface area contributed by atoms with Gasteiger partial charge in [-0.3, -0.25) is 9.59 Å². The summed E-state index contributed by atoms with van der Waals surface area (Å²) in [5.41, 5.74) is 8.00. The predicted octanol–water partition coefficient (Wildman–Crippen LogP) is 5.20. The summed E-state index contributed by atoms with van der Waals surface area (Å²) in [5, 5.41) is 0.391. The van der Waals surface area contributed by atoms with Crippen LogP contribution in [0.4, 0.5) is 10.1 Å². The van der Waals surface area contributed by atoms with Crippen LogP contribution < -0.4 is 15.4 Å². The number of amides is 2. The molecule has 0 unspecified atom stereocenters. The van der Waals surface area contributed by atoms with E-state index in [1.807, 2.05) is 13.0 Å². The van der Waals surface area contributed by atoms with Crippen LogP contribution in [-0.4, -0.2) is 18.4 Å². The Morgan fingerprint density at radius 1 is 1.13 bits per heavy atom. The van der Waals surface area contributed by atoms with E-state index in [4.69, 9.17) is 22.1 Å². The Balaban J connectivity index is 1.58. The van der Waals surface area contributed by atoms with Crippen LogP contribution in [0.1, 0.15) is 33.8 Å². The summed E-state index contributed by atoms with van der Waals surface area (Å²) in [6.07, 6.45) is 0.306. The highest BCUT2D eigenvalue weighted by atomic mass is 35.5. The number of nitrogens with zero attached hydrogens (tertiary/aromatic N) is 1. The standard InChI is InChI=1S/C24H20ClFN2O3/c1-14-5-7-18(26)12-21(14)31-22-10-15(6-8-20(22)25)17-11-23(29)28(13-17)19-4-2-3-16(9-19)24(27)30/h2-10,12,17H,11,13H2,1H3,(H2,27,30)/t17-/m0/s1. The van der Waals surface area contributed by atoms with Crippen LogP contribution in [0.2, 0.25) is 5.02 Å². The number of benzene rings is 3. The van der Waals surface area contributed by atoms with Crippen LogP contribution in [0, 0.1) is 12.7 Å². The van der Waals surface area contributed by atoms with Gasteiger partial charge >= 0.3 is 0 Å². The average molecular weight is 439 g/mol. The molecule has 1 aliphatic rings. The van der Waals surface area contributed by atoms with E-state index in [1.54, 1.807) is 47.4 Å². The molecule has 2 N–H and O–H groups in total. The minimum absolute atomic E-state index is 0.0509. The quantitative estimate of drug-likeness (QED) is 0.595. The number of aryl methyl sites for hydroxylation is 1. The number of carbonyl (C=O) groups is 2. The number of anilines is 1. The summed E-state index contributed by atoms with van der Waals surface area (Å²) in [7, 11) is 0. The third-order valence-electron chi connectivity index (χ3n) is 5.36. The average Bonchev–Trinajstić information content (AvgIpc) is 3.14. The van der Waals surface area contributed by atoms with Gasteiger partial charge in [0, 0.05) is 36.2 Å². The number of halogens is 2. The van der Waals surface area contributed by atoms with Crippen LogP contribution in [0.25, 0.3) is 0 Å². The molecule has 5 nitrogen and oxygen atoms in total. The number of hydrogen-bond donors (Lipinski definition) is 1. The lowest BCUT2D eigenvalue weighted by molar-refractivity contribution is -0.117. The highest BCUT2D eigenvalue weighted by Gasteiger charge is 2.32. The molecule has 0 radical (unpaired) electrons. The van der Waals surface area contributed by atoms with E-state index >= 15 is 0 Å². The fourth-order valence-electron chi connectivity index (χ4n) is 3.66. The van der Waals surface area contributed by atoms with Crippen LogP contribution in [0.15, 0.2) is 60.7 Å². The molecule has 1 atom stereocenters. The number of primary amides is 1. The lowest BCUT2D eigenvalue weighted by Crippen LogP contribution is -2.24. The van der Waals surface area contributed by atoms with E-state index in [2.05, 4.69) is 0 Å².